The summed E-state index contributed by atoms with van der Waals surface area (Å²) in [6.07, 6.45) is -5.86. The van der Waals surface area contributed by atoms with E-state index in [0.29, 0.717) is 5.56 Å². The predicted molar refractivity (Wildman–Crippen MR) is 148 cm³/mol. The molecule has 1 saturated heterocycles. The summed E-state index contributed by atoms with van der Waals surface area (Å²) in [7, 11) is 0. The molecule has 0 saturated carbocycles. The monoisotopic (exact) mass is 594 g/mol. The van der Waals surface area contributed by atoms with E-state index >= 15 is 0 Å². The zero-order valence-corrected chi connectivity index (χ0v) is 22.1. The molecule has 5 atom stereocenters. The second kappa shape index (κ2) is 12.1. The van der Waals surface area contributed by atoms with Gasteiger partial charge in [0.25, 0.3) is 0 Å². The third-order valence-electron chi connectivity index (χ3n) is 6.64. The quantitative estimate of drug-likeness (QED) is 0.0915. The van der Waals surface area contributed by atoms with Crippen LogP contribution in [0.2, 0.25) is 0 Å². The van der Waals surface area contributed by atoms with E-state index in [9.17, 15) is 45.3 Å². The third-order valence-corrected chi connectivity index (χ3v) is 6.64. The van der Waals surface area contributed by atoms with Gasteiger partial charge < -0.3 is 54.4 Å². The minimum atomic E-state index is -1.86. The third kappa shape index (κ3) is 6.16. The molecular formula is C30H26O13. The van der Waals surface area contributed by atoms with Crippen molar-refractivity contribution < 1.29 is 59.2 Å². The number of carbonyl (C=O) groups excluding carboxylic acids is 1. The molecule has 4 aromatic rings. The molecule has 13 heteroatoms. The maximum Gasteiger partial charge on any atom is 0.336 e. The van der Waals surface area contributed by atoms with Crippen LogP contribution >= 0.6 is 0 Å². The van der Waals surface area contributed by atoms with E-state index in [2.05, 4.69) is 0 Å². The molecule has 3 aromatic carbocycles. The van der Waals surface area contributed by atoms with Crippen molar-refractivity contribution in [2.24, 2.45) is 0 Å². The van der Waals surface area contributed by atoms with E-state index in [1.165, 1.54) is 48.5 Å². The Bertz CT molecular complexity index is 1710. The first-order chi connectivity index (χ1) is 20.5. The van der Waals surface area contributed by atoms with Crippen LogP contribution < -0.4 is 14.9 Å². The summed E-state index contributed by atoms with van der Waals surface area (Å²) in [4.78, 5) is 26.1. The Labute approximate surface area is 242 Å². The first-order valence-corrected chi connectivity index (χ1v) is 12.8. The zero-order valence-electron chi connectivity index (χ0n) is 22.1. The number of esters is 1. The van der Waals surface area contributed by atoms with Gasteiger partial charge in [-0.25, -0.2) is 4.79 Å². The van der Waals surface area contributed by atoms with Crippen molar-refractivity contribution in [3.8, 4) is 40.1 Å². The number of carbonyl (C=O) groups is 1. The molecule has 0 spiro atoms. The lowest BCUT2D eigenvalue weighted by Gasteiger charge is -2.39. The standard InChI is InChI=1S/C30H26O13/c31-13-21-24(36)26(38)27(39)30(42-21)43-29-25(37)23-19(34)11-18(40-22(35)10-3-14-1-6-16(32)7-2-14)12-20(23)41-28(29)15-4-8-17(33)9-5-15/h1-12,21,24,26-27,30-34,36,38-39H,13H2/b10-3+. The number of ether oxygens (including phenoxy) is 3. The van der Waals surface area contributed by atoms with E-state index in [1.807, 2.05) is 0 Å². The minimum absolute atomic E-state index is 0.0567. The van der Waals surface area contributed by atoms with Crippen LogP contribution in [0.15, 0.2) is 76.0 Å². The maximum atomic E-state index is 13.7. The Morgan fingerprint density at radius 3 is 2.19 bits per heavy atom. The number of hydrogen-bond donors (Lipinski definition) is 7. The van der Waals surface area contributed by atoms with Gasteiger partial charge in [-0.05, 0) is 48.0 Å². The van der Waals surface area contributed by atoms with Crippen molar-refractivity contribution in [3.05, 3.63) is 82.5 Å². The first-order valence-electron chi connectivity index (χ1n) is 12.8. The Morgan fingerprint density at radius 1 is 0.884 bits per heavy atom. The van der Waals surface area contributed by atoms with E-state index in [4.69, 9.17) is 18.6 Å². The second-order valence-corrected chi connectivity index (χ2v) is 9.61. The van der Waals surface area contributed by atoms with Gasteiger partial charge in [-0.1, -0.05) is 12.1 Å². The topological polar surface area (TPSA) is 217 Å². The number of benzene rings is 3. The Kier molecular flexibility index (Phi) is 8.34. The van der Waals surface area contributed by atoms with Gasteiger partial charge in [-0.3, -0.25) is 4.79 Å². The smallest absolute Gasteiger partial charge is 0.336 e. The van der Waals surface area contributed by atoms with Gasteiger partial charge in [0.2, 0.25) is 17.5 Å². The molecule has 7 N–H and O–H groups in total. The molecule has 1 fully saturated rings. The van der Waals surface area contributed by atoms with E-state index in [-0.39, 0.29) is 39.5 Å². The van der Waals surface area contributed by atoms with Crippen LogP contribution in [-0.2, 0) is 9.53 Å². The average Bonchev–Trinajstić information content (AvgIpc) is 2.98. The maximum absolute atomic E-state index is 13.7. The molecule has 43 heavy (non-hydrogen) atoms. The van der Waals surface area contributed by atoms with Gasteiger partial charge in [-0.15, -0.1) is 0 Å². The van der Waals surface area contributed by atoms with Gasteiger partial charge in [0.1, 0.15) is 58.4 Å². The fraction of sp³-hybridized carbons (Fsp3) is 0.200. The lowest BCUT2D eigenvalue weighted by atomic mass is 9.99. The summed E-state index contributed by atoms with van der Waals surface area (Å²) in [6.45, 7) is -0.742. The highest BCUT2D eigenvalue weighted by molar-refractivity contribution is 5.91. The Morgan fingerprint density at radius 2 is 1.53 bits per heavy atom. The van der Waals surface area contributed by atoms with Gasteiger partial charge in [0.15, 0.2) is 5.76 Å². The van der Waals surface area contributed by atoms with Crippen molar-refractivity contribution in [1.82, 2.24) is 0 Å². The molecule has 0 amide bonds. The Hall–Kier alpha value is -4.92. The van der Waals surface area contributed by atoms with Gasteiger partial charge in [0.05, 0.1) is 6.61 Å². The van der Waals surface area contributed by atoms with E-state index in [0.717, 1.165) is 12.1 Å². The normalized spacial score (nSPS) is 22.1. The van der Waals surface area contributed by atoms with Gasteiger partial charge >= 0.3 is 5.97 Å². The molecule has 1 aliphatic heterocycles. The van der Waals surface area contributed by atoms with Gasteiger partial charge in [0, 0.05) is 23.8 Å². The van der Waals surface area contributed by atoms with Crippen LogP contribution in [0.25, 0.3) is 28.4 Å². The highest BCUT2D eigenvalue weighted by Gasteiger charge is 2.45. The summed E-state index contributed by atoms with van der Waals surface area (Å²) in [5.41, 5.74) is -0.355. The highest BCUT2D eigenvalue weighted by Crippen LogP contribution is 2.37. The van der Waals surface area contributed by atoms with Crippen LogP contribution in [0.4, 0.5) is 0 Å². The van der Waals surface area contributed by atoms with Crippen molar-refractivity contribution in [2.45, 2.75) is 30.7 Å². The molecule has 0 bridgehead atoms. The van der Waals surface area contributed by atoms with Crippen molar-refractivity contribution in [3.63, 3.8) is 0 Å². The van der Waals surface area contributed by atoms with E-state index < -0.39 is 60.2 Å². The average molecular weight is 595 g/mol. The number of aliphatic hydroxyl groups excluding tert-OH is 4. The number of rotatable bonds is 7. The number of aromatic hydroxyl groups is 3. The highest BCUT2D eigenvalue weighted by atomic mass is 16.7. The molecule has 2 heterocycles. The lowest BCUT2D eigenvalue weighted by Crippen LogP contribution is -2.60. The number of phenolic OH excluding ortho intramolecular Hbond substituents is 3. The molecule has 1 aliphatic rings. The molecular weight excluding hydrogens is 568 g/mol. The number of fused-ring (bicyclic) bond motifs is 1. The SMILES string of the molecule is O=C(/C=C/c1ccc(O)cc1)Oc1cc(O)c2c(=O)c(OC3OC(CO)C(O)C(O)C3O)c(-c3ccc(O)cc3)oc2c1. The summed E-state index contributed by atoms with van der Waals surface area (Å²) < 4.78 is 22.2. The van der Waals surface area contributed by atoms with Crippen LogP contribution in [0.1, 0.15) is 5.56 Å². The molecule has 224 valence electrons. The van der Waals surface area contributed by atoms with Gasteiger partial charge in [-0.2, -0.15) is 0 Å². The summed E-state index contributed by atoms with van der Waals surface area (Å²) in [5.74, 6) is -2.50. The molecule has 13 nitrogen and oxygen atoms in total. The Balaban J connectivity index is 1.54. The van der Waals surface area contributed by atoms with Crippen LogP contribution in [0, 0.1) is 0 Å². The summed E-state index contributed by atoms with van der Waals surface area (Å²) >= 11 is 0. The largest absolute Gasteiger partial charge is 0.508 e. The summed E-state index contributed by atoms with van der Waals surface area (Å²) in [5, 5.41) is 69.7. The fourth-order valence-electron chi connectivity index (χ4n) is 4.41. The zero-order chi connectivity index (χ0) is 30.8. The minimum Gasteiger partial charge on any atom is -0.508 e. The van der Waals surface area contributed by atoms with Crippen molar-refractivity contribution >= 4 is 23.0 Å². The molecule has 0 radical (unpaired) electrons. The number of hydrogen-bond acceptors (Lipinski definition) is 13. The molecule has 0 aliphatic carbocycles. The second-order valence-electron chi connectivity index (χ2n) is 9.61. The van der Waals surface area contributed by atoms with E-state index in [1.54, 1.807) is 12.1 Å². The van der Waals surface area contributed by atoms with Crippen LogP contribution in [0.3, 0.4) is 0 Å². The fourth-order valence-corrected chi connectivity index (χ4v) is 4.41. The summed E-state index contributed by atoms with van der Waals surface area (Å²) in [6, 6.07) is 13.6. The lowest BCUT2D eigenvalue weighted by molar-refractivity contribution is -0.277. The molecule has 5 rings (SSSR count). The van der Waals surface area contributed by atoms with Crippen molar-refractivity contribution in [1.29, 1.82) is 0 Å². The predicted octanol–water partition coefficient (Wildman–Crippen LogP) is 1.37. The molecule has 5 unspecified atom stereocenters. The first kappa shape index (κ1) is 29.6. The number of phenols is 3. The molecule has 1 aromatic heterocycles. The van der Waals surface area contributed by atoms with Crippen LogP contribution in [0.5, 0.6) is 28.7 Å². The van der Waals surface area contributed by atoms with Crippen molar-refractivity contribution in [2.75, 3.05) is 6.61 Å². The number of aliphatic hydroxyl groups is 4. The van der Waals surface area contributed by atoms with Crippen LogP contribution in [-0.4, -0.2) is 79.0 Å².